The van der Waals surface area contributed by atoms with Gasteiger partial charge in [0.1, 0.15) is 11.9 Å². The maximum atomic E-state index is 13.6. The first-order valence-corrected chi connectivity index (χ1v) is 11.3. The molecular weight excluding hydrogens is 470 g/mol. The molecule has 0 radical (unpaired) electrons. The van der Waals surface area contributed by atoms with E-state index in [1.165, 1.54) is 17.6 Å². The number of benzene rings is 2. The molecule has 2 aromatic heterocycles. The quantitative estimate of drug-likeness (QED) is 0.390. The van der Waals surface area contributed by atoms with E-state index in [0.29, 0.717) is 23.9 Å². The summed E-state index contributed by atoms with van der Waals surface area (Å²) >= 11 is 0. The van der Waals surface area contributed by atoms with E-state index in [4.69, 9.17) is 4.74 Å². The molecule has 2 heterocycles. The summed E-state index contributed by atoms with van der Waals surface area (Å²) in [5.74, 6) is -4.74. The Labute approximate surface area is 205 Å². The second-order valence-electron chi connectivity index (χ2n) is 8.69. The molecule has 0 bridgehead atoms. The number of aliphatic hydroxyl groups excluding tert-OH is 1. The van der Waals surface area contributed by atoms with Gasteiger partial charge in [0.25, 0.3) is 5.91 Å². The number of rotatable bonds is 8. The van der Waals surface area contributed by atoms with Gasteiger partial charge in [-0.05, 0) is 36.8 Å². The number of ether oxygens (including phenoxy) is 1. The summed E-state index contributed by atoms with van der Waals surface area (Å²) in [4.78, 5) is 23.8. The first-order valence-electron chi connectivity index (χ1n) is 11.3. The van der Waals surface area contributed by atoms with Crippen LogP contribution in [0.25, 0.3) is 16.6 Å². The highest BCUT2D eigenvalue weighted by Crippen LogP contribution is 2.30. The molecule has 3 unspecified atom stereocenters. The Morgan fingerprint density at radius 2 is 1.86 bits per heavy atom. The molecule has 3 atom stereocenters. The van der Waals surface area contributed by atoms with Crippen molar-refractivity contribution in [2.24, 2.45) is 7.05 Å². The van der Waals surface area contributed by atoms with Gasteiger partial charge < -0.3 is 19.7 Å². The van der Waals surface area contributed by atoms with Crippen LogP contribution in [0, 0.1) is 0 Å². The minimum Gasteiger partial charge on any atom is -0.483 e. The number of nitrogens with zero attached hydrogens (tertiary/aromatic N) is 3. The summed E-state index contributed by atoms with van der Waals surface area (Å²) in [5, 5.41) is 17.8. The molecule has 8 nitrogen and oxygen atoms in total. The average Bonchev–Trinajstić information content (AvgIpc) is 3.26. The molecule has 4 rings (SSSR count). The van der Waals surface area contributed by atoms with Gasteiger partial charge in [-0.1, -0.05) is 30.3 Å². The number of carbonyl (C=O) groups excluding carboxylic acids is 1. The molecule has 2 N–H and O–H groups in total. The highest BCUT2D eigenvalue weighted by molar-refractivity contribution is 5.83. The first-order chi connectivity index (χ1) is 17.0. The van der Waals surface area contributed by atoms with E-state index in [1.807, 2.05) is 0 Å². The lowest BCUT2D eigenvalue weighted by Gasteiger charge is -2.31. The largest absolute Gasteiger partial charge is 0.483 e. The van der Waals surface area contributed by atoms with Crippen LogP contribution < -0.4 is 15.6 Å². The van der Waals surface area contributed by atoms with Crippen LogP contribution in [0.3, 0.4) is 0 Å². The van der Waals surface area contributed by atoms with Crippen molar-refractivity contribution in [2.75, 3.05) is 0 Å². The van der Waals surface area contributed by atoms with Crippen LogP contribution in [0.4, 0.5) is 8.78 Å². The van der Waals surface area contributed by atoms with Crippen molar-refractivity contribution in [3.63, 3.8) is 0 Å². The van der Waals surface area contributed by atoms with Gasteiger partial charge in [0.15, 0.2) is 0 Å². The maximum Gasteiger partial charge on any atom is 0.321 e. The average molecular weight is 497 g/mol. The molecule has 0 aliphatic rings. The van der Waals surface area contributed by atoms with Crippen molar-refractivity contribution in [2.45, 2.75) is 38.0 Å². The topological polar surface area (TPSA) is 98.4 Å². The van der Waals surface area contributed by atoms with Gasteiger partial charge in [0.2, 0.25) is 5.56 Å². The Hall–Kier alpha value is -4.05. The lowest BCUT2D eigenvalue weighted by atomic mass is 9.97. The molecule has 0 aliphatic heterocycles. The number of fused-ring (bicyclic) bond motifs is 1. The predicted octanol–water partition coefficient (Wildman–Crippen LogP) is 3.37. The Bertz CT molecular complexity index is 1430. The van der Waals surface area contributed by atoms with Gasteiger partial charge in [0.05, 0.1) is 29.5 Å². The number of carbonyl (C=O) groups is 1. The summed E-state index contributed by atoms with van der Waals surface area (Å²) in [6, 6.07) is 15.9. The summed E-state index contributed by atoms with van der Waals surface area (Å²) < 4.78 is 36.6. The van der Waals surface area contributed by atoms with Crippen LogP contribution in [-0.4, -0.2) is 43.4 Å². The van der Waals surface area contributed by atoms with E-state index in [-0.39, 0.29) is 5.56 Å². The predicted molar refractivity (Wildman–Crippen MR) is 130 cm³/mol. The summed E-state index contributed by atoms with van der Waals surface area (Å²) in [6.07, 6.45) is 1.15. The number of aliphatic hydroxyl groups is 1. The SMILES string of the molecule is CC(O)C(NC(=O)C(C)(F)F)C(Oc1ccc2c(cnn2-c2ccc(=O)n(C)c2)c1)c1ccccc1. The van der Waals surface area contributed by atoms with E-state index in [1.54, 1.807) is 78.7 Å². The highest BCUT2D eigenvalue weighted by Gasteiger charge is 2.38. The summed E-state index contributed by atoms with van der Waals surface area (Å²) in [7, 11) is 1.65. The lowest BCUT2D eigenvalue weighted by Crippen LogP contribution is -2.52. The van der Waals surface area contributed by atoms with Crippen LogP contribution in [-0.2, 0) is 11.8 Å². The molecule has 36 heavy (non-hydrogen) atoms. The molecule has 4 aromatic rings. The molecule has 0 saturated carbocycles. The molecule has 2 aromatic carbocycles. The van der Waals surface area contributed by atoms with Crippen LogP contribution in [0.1, 0.15) is 25.5 Å². The minimum atomic E-state index is -3.62. The third-order valence-electron chi connectivity index (χ3n) is 5.79. The van der Waals surface area contributed by atoms with Crippen molar-refractivity contribution in [1.82, 2.24) is 19.7 Å². The van der Waals surface area contributed by atoms with Gasteiger partial charge in [-0.25, -0.2) is 4.68 Å². The van der Waals surface area contributed by atoms with Crippen molar-refractivity contribution in [1.29, 1.82) is 0 Å². The van der Waals surface area contributed by atoms with Crippen LogP contribution in [0.5, 0.6) is 5.75 Å². The van der Waals surface area contributed by atoms with E-state index >= 15 is 0 Å². The number of nitrogens with one attached hydrogen (secondary N) is 1. The number of hydrogen-bond acceptors (Lipinski definition) is 5. The van der Waals surface area contributed by atoms with E-state index in [9.17, 15) is 23.5 Å². The number of amides is 1. The Kier molecular flexibility index (Phi) is 6.89. The van der Waals surface area contributed by atoms with Crippen LogP contribution in [0.15, 0.2) is 77.9 Å². The highest BCUT2D eigenvalue weighted by atomic mass is 19.3. The molecule has 0 fully saturated rings. The third-order valence-corrected chi connectivity index (χ3v) is 5.79. The molecule has 0 spiro atoms. The molecular formula is C26H26F2N4O4. The maximum absolute atomic E-state index is 13.6. The van der Waals surface area contributed by atoms with Gasteiger partial charge in [0, 0.05) is 31.6 Å². The van der Waals surface area contributed by atoms with E-state index in [2.05, 4.69) is 10.4 Å². The molecule has 0 saturated heterocycles. The van der Waals surface area contributed by atoms with Crippen LogP contribution in [0.2, 0.25) is 0 Å². The standard InChI is InChI=1S/C26H26F2N4O4/c1-16(33)23(30-25(35)26(2,27)28)24(17-7-5-4-6-8-17)36-20-10-11-21-18(13-20)14-29-32(21)19-9-12-22(34)31(3)15-19/h4-16,23-24,33H,1-3H3,(H,30,35). The molecule has 1 amide bonds. The van der Waals surface area contributed by atoms with Gasteiger partial charge in [-0.15, -0.1) is 0 Å². The van der Waals surface area contributed by atoms with Crippen molar-refractivity contribution in [3.8, 4) is 11.4 Å². The normalized spacial score (nSPS) is 14.3. The van der Waals surface area contributed by atoms with Crippen LogP contribution >= 0.6 is 0 Å². The van der Waals surface area contributed by atoms with Gasteiger partial charge >= 0.3 is 5.92 Å². The first kappa shape index (κ1) is 25.1. The van der Waals surface area contributed by atoms with E-state index < -0.39 is 30.1 Å². The zero-order valence-electron chi connectivity index (χ0n) is 19.9. The molecule has 10 heteroatoms. The number of halogens is 2. The monoisotopic (exact) mass is 496 g/mol. The fourth-order valence-electron chi connectivity index (χ4n) is 3.86. The number of pyridine rings is 1. The number of aryl methyl sites for hydroxylation is 1. The van der Waals surface area contributed by atoms with Crippen molar-refractivity contribution < 1.29 is 23.4 Å². The zero-order valence-corrected chi connectivity index (χ0v) is 19.9. The summed E-state index contributed by atoms with van der Waals surface area (Å²) in [6.45, 7) is 1.90. The Morgan fingerprint density at radius 3 is 2.50 bits per heavy atom. The Balaban J connectivity index is 1.69. The molecule has 0 aliphatic carbocycles. The third kappa shape index (κ3) is 5.28. The fraction of sp³-hybridized carbons (Fsp3) is 0.269. The second-order valence-corrected chi connectivity index (χ2v) is 8.69. The number of alkyl halides is 2. The molecule has 188 valence electrons. The van der Waals surface area contributed by atoms with Crippen molar-refractivity contribution in [3.05, 3.63) is 89.0 Å². The smallest absolute Gasteiger partial charge is 0.321 e. The van der Waals surface area contributed by atoms with E-state index in [0.717, 1.165) is 10.9 Å². The lowest BCUT2D eigenvalue weighted by molar-refractivity contribution is -0.145. The van der Waals surface area contributed by atoms with Crippen molar-refractivity contribution >= 4 is 16.8 Å². The van der Waals surface area contributed by atoms with Gasteiger partial charge in [-0.2, -0.15) is 13.9 Å². The Morgan fingerprint density at radius 1 is 1.14 bits per heavy atom. The van der Waals surface area contributed by atoms with Gasteiger partial charge in [-0.3, -0.25) is 9.59 Å². The fourth-order valence-corrected chi connectivity index (χ4v) is 3.86. The summed E-state index contributed by atoms with van der Waals surface area (Å²) in [5.41, 5.74) is 1.89. The second kappa shape index (κ2) is 9.90. The number of aromatic nitrogens is 3. The number of hydrogen-bond donors (Lipinski definition) is 2. The zero-order chi connectivity index (χ0) is 26.0. The minimum absolute atomic E-state index is 0.140.